The topological polar surface area (TPSA) is 48.7 Å². The van der Waals surface area contributed by atoms with Gasteiger partial charge in [-0.2, -0.15) is 5.26 Å². The lowest BCUT2D eigenvalue weighted by Crippen LogP contribution is -2.03. The van der Waals surface area contributed by atoms with Crippen LogP contribution < -0.4 is 5.32 Å². The van der Waals surface area contributed by atoms with Crippen molar-refractivity contribution in [2.75, 3.05) is 5.32 Å². The van der Waals surface area contributed by atoms with Crippen molar-refractivity contribution in [1.29, 1.82) is 5.26 Å². The summed E-state index contributed by atoms with van der Waals surface area (Å²) in [7, 11) is 0. The van der Waals surface area contributed by atoms with E-state index in [0.29, 0.717) is 17.3 Å². The van der Waals surface area contributed by atoms with E-state index in [2.05, 4.69) is 32.3 Å². The van der Waals surface area contributed by atoms with E-state index in [0.717, 1.165) is 21.3 Å². The summed E-state index contributed by atoms with van der Waals surface area (Å²) in [5.74, 6) is 0. The smallest absolute Gasteiger partial charge is 0.145 e. The van der Waals surface area contributed by atoms with Gasteiger partial charge in [0.2, 0.25) is 0 Å². The summed E-state index contributed by atoms with van der Waals surface area (Å²) < 4.78 is 0.941. The van der Waals surface area contributed by atoms with E-state index in [1.807, 2.05) is 31.2 Å². The third kappa shape index (κ3) is 3.25. The Morgan fingerprint density at radius 1 is 1.47 bits per heavy atom. The van der Waals surface area contributed by atoms with Gasteiger partial charge in [-0.15, -0.1) is 0 Å². The minimum Gasteiger partial charge on any atom is -0.380 e. The van der Waals surface area contributed by atoms with E-state index >= 15 is 0 Å². The van der Waals surface area contributed by atoms with Crippen molar-refractivity contribution in [2.24, 2.45) is 0 Å². The zero-order valence-corrected chi connectivity index (χ0v) is 12.6. The first kappa shape index (κ1) is 13.9. The first-order valence-corrected chi connectivity index (χ1v) is 6.82. The van der Waals surface area contributed by atoms with Gasteiger partial charge in [-0.25, -0.2) is 4.98 Å². The Morgan fingerprint density at radius 2 is 2.26 bits per heavy atom. The SMILES string of the molecule is Cc1cc(Br)c(NCc2cccnc2C#N)cc1Cl. The number of pyridine rings is 1. The number of rotatable bonds is 3. The molecule has 5 heteroatoms. The van der Waals surface area contributed by atoms with Crippen LogP contribution >= 0.6 is 27.5 Å². The molecule has 3 nitrogen and oxygen atoms in total. The van der Waals surface area contributed by atoms with E-state index in [-0.39, 0.29) is 0 Å². The van der Waals surface area contributed by atoms with E-state index in [4.69, 9.17) is 16.9 Å². The number of nitrogens with one attached hydrogen (secondary N) is 1. The third-order valence-corrected chi connectivity index (χ3v) is 3.78. The van der Waals surface area contributed by atoms with Crippen molar-refractivity contribution in [1.82, 2.24) is 4.98 Å². The van der Waals surface area contributed by atoms with Gasteiger partial charge in [-0.3, -0.25) is 0 Å². The first-order chi connectivity index (χ1) is 9.11. The van der Waals surface area contributed by atoms with Crippen LogP contribution in [0.15, 0.2) is 34.9 Å². The molecule has 0 spiro atoms. The third-order valence-electron chi connectivity index (χ3n) is 2.71. The molecule has 0 aliphatic carbocycles. The molecule has 96 valence electrons. The molecule has 1 aromatic heterocycles. The number of nitriles is 1. The number of hydrogen-bond donors (Lipinski definition) is 1. The molecular formula is C14H11BrClN3. The van der Waals surface area contributed by atoms with Crippen LogP contribution in [0.5, 0.6) is 0 Å². The van der Waals surface area contributed by atoms with Gasteiger partial charge in [0.15, 0.2) is 0 Å². The monoisotopic (exact) mass is 335 g/mol. The summed E-state index contributed by atoms with van der Waals surface area (Å²) in [6, 6.07) is 9.59. The second kappa shape index (κ2) is 6.05. The normalized spacial score (nSPS) is 10.0. The molecule has 0 unspecified atom stereocenters. The molecule has 0 aliphatic heterocycles. The highest BCUT2D eigenvalue weighted by Crippen LogP contribution is 2.29. The predicted molar refractivity (Wildman–Crippen MR) is 80.2 cm³/mol. The highest BCUT2D eigenvalue weighted by molar-refractivity contribution is 9.10. The lowest BCUT2D eigenvalue weighted by Gasteiger charge is -2.11. The molecule has 19 heavy (non-hydrogen) atoms. The number of nitrogens with zero attached hydrogens (tertiary/aromatic N) is 2. The molecule has 0 radical (unpaired) electrons. The molecule has 0 fully saturated rings. The summed E-state index contributed by atoms with van der Waals surface area (Å²) in [6.07, 6.45) is 1.61. The maximum atomic E-state index is 8.98. The molecule has 2 aromatic rings. The lowest BCUT2D eigenvalue weighted by atomic mass is 10.2. The van der Waals surface area contributed by atoms with Gasteiger partial charge in [0.05, 0.1) is 5.69 Å². The van der Waals surface area contributed by atoms with Gasteiger partial charge in [0.25, 0.3) is 0 Å². The van der Waals surface area contributed by atoms with Crippen LogP contribution in [-0.2, 0) is 6.54 Å². The van der Waals surface area contributed by atoms with Crippen LogP contribution in [0.2, 0.25) is 5.02 Å². The Morgan fingerprint density at radius 3 is 3.00 bits per heavy atom. The van der Waals surface area contributed by atoms with Crippen LogP contribution in [0.25, 0.3) is 0 Å². The number of anilines is 1. The molecule has 2 rings (SSSR count). The highest BCUT2D eigenvalue weighted by Gasteiger charge is 2.06. The van der Waals surface area contributed by atoms with Gasteiger partial charge in [0, 0.05) is 27.8 Å². The lowest BCUT2D eigenvalue weighted by molar-refractivity contribution is 1.09. The van der Waals surface area contributed by atoms with E-state index in [9.17, 15) is 0 Å². The maximum Gasteiger partial charge on any atom is 0.145 e. The van der Waals surface area contributed by atoms with Crippen LogP contribution in [0.4, 0.5) is 5.69 Å². The van der Waals surface area contributed by atoms with Crippen molar-refractivity contribution in [2.45, 2.75) is 13.5 Å². The fourth-order valence-electron chi connectivity index (χ4n) is 1.65. The molecule has 0 saturated heterocycles. The first-order valence-electron chi connectivity index (χ1n) is 5.65. The summed E-state index contributed by atoms with van der Waals surface area (Å²) in [5, 5.41) is 12.9. The zero-order chi connectivity index (χ0) is 13.8. The second-order valence-electron chi connectivity index (χ2n) is 4.06. The Hall–Kier alpha value is -1.57. The quantitative estimate of drug-likeness (QED) is 0.909. The van der Waals surface area contributed by atoms with Gasteiger partial charge >= 0.3 is 0 Å². The molecule has 1 aromatic carbocycles. The summed E-state index contributed by atoms with van der Waals surface area (Å²) in [4.78, 5) is 4.02. The van der Waals surface area contributed by atoms with Crippen molar-refractivity contribution in [3.8, 4) is 6.07 Å². The van der Waals surface area contributed by atoms with Crippen molar-refractivity contribution >= 4 is 33.2 Å². The minimum absolute atomic E-state index is 0.435. The number of benzene rings is 1. The number of hydrogen-bond acceptors (Lipinski definition) is 3. The van der Waals surface area contributed by atoms with Gasteiger partial charge in [-0.1, -0.05) is 17.7 Å². The van der Waals surface area contributed by atoms with Gasteiger partial charge < -0.3 is 5.32 Å². The predicted octanol–water partition coefficient (Wildman–Crippen LogP) is 4.29. The Kier molecular flexibility index (Phi) is 4.41. The summed E-state index contributed by atoms with van der Waals surface area (Å²) >= 11 is 9.59. The fourth-order valence-corrected chi connectivity index (χ4v) is 2.42. The highest BCUT2D eigenvalue weighted by atomic mass is 79.9. The average molecular weight is 337 g/mol. The molecule has 0 atom stereocenters. The molecular weight excluding hydrogens is 326 g/mol. The molecule has 0 amide bonds. The van der Waals surface area contributed by atoms with E-state index < -0.39 is 0 Å². The molecule has 0 aliphatic rings. The number of aryl methyl sites for hydroxylation is 1. The standard InChI is InChI=1S/C14H11BrClN3/c1-9-5-11(15)13(6-12(9)16)19-8-10-3-2-4-18-14(10)7-17/h2-6,19H,8H2,1H3. The fraction of sp³-hybridized carbons (Fsp3) is 0.143. The van der Waals surface area contributed by atoms with Gasteiger partial charge in [0.1, 0.15) is 11.8 Å². The second-order valence-corrected chi connectivity index (χ2v) is 5.32. The van der Waals surface area contributed by atoms with E-state index in [1.54, 1.807) is 6.20 Å². The Bertz CT molecular complexity index is 650. The van der Waals surface area contributed by atoms with Crippen LogP contribution in [0.1, 0.15) is 16.8 Å². The Labute approximate surface area is 125 Å². The molecule has 1 heterocycles. The van der Waals surface area contributed by atoms with Crippen LogP contribution in [0, 0.1) is 18.3 Å². The average Bonchev–Trinajstić information content (AvgIpc) is 2.41. The molecule has 0 saturated carbocycles. The van der Waals surface area contributed by atoms with Crippen LogP contribution in [0.3, 0.4) is 0 Å². The molecule has 1 N–H and O–H groups in total. The van der Waals surface area contributed by atoms with Crippen molar-refractivity contribution in [3.63, 3.8) is 0 Å². The Balaban J connectivity index is 2.20. The minimum atomic E-state index is 0.435. The van der Waals surface area contributed by atoms with E-state index in [1.165, 1.54) is 0 Å². The summed E-state index contributed by atoms with van der Waals surface area (Å²) in [6.45, 7) is 2.47. The molecule has 0 bridgehead atoms. The summed E-state index contributed by atoms with van der Waals surface area (Å²) in [5.41, 5.74) is 3.19. The number of halogens is 2. The van der Waals surface area contributed by atoms with Crippen LogP contribution in [-0.4, -0.2) is 4.98 Å². The van der Waals surface area contributed by atoms with Crippen molar-refractivity contribution < 1.29 is 0 Å². The number of aromatic nitrogens is 1. The maximum absolute atomic E-state index is 8.98. The van der Waals surface area contributed by atoms with Gasteiger partial charge in [-0.05, 0) is 46.6 Å². The van der Waals surface area contributed by atoms with Crippen molar-refractivity contribution in [3.05, 3.63) is 56.8 Å². The zero-order valence-electron chi connectivity index (χ0n) is 10.2. The largest absolute Gasteiger partial charge is 0.380 e.